The van der Waals surface area contributed by atoms with Crippen molar-refractivity contribution in [3.63, 3.8) is 0 Å². The van der Waals surface area contributed by atoms with Crippen LogP contribution >= 0.6 is 0 Å². The number of hydrogen-bond donors (Lipinski definition) is 0. The van der Waals surface area contributed by atoms with Crippen LogP contribution in [0.15, 0.2) is 66.9 Å². The maximum Gasteiger partial charge on any atom is 0.291 e. The molecule has 0 atom stereocenters. The molecule has 3 nitrogen and oxygen atoms in total. The van der Waals surface area contributed by atoms with E-state index in [-0.39, 0.29) is 12.3 Å². The van der Waals surface area contributed by atoms with E-state index in [9.17, 15) is 10.1 Å². The lowest BCUT2D eigenvalue weighted by atomic mass is 10.1. The number of benzene rings is 2. The largest absolute Gasteiger partial charge is 0.291 e. The highest BCUT2D eigenvalue weighted by molar-refractivity contribution is 5.95. The second-order valence-electron chi connectivity index (χ2n) is 4.78. The zero-order valence-corrected chi connectivity index (χ0v) is 11.4. The molecule has 3 heteroatoms. The lowest BCUT2D eigenvalue weighted by molar-refractivity contribution is -0.684. The van der Waals surface area contributed by atoms with Crippen molar-refractivity contribution in [3.05, 3.63) is 78.1 Å². The van der Waals surface area contributed by atoms with Gasteiger partial charge >= 0.3 is 0 Å². The molecule has 0 aliphatic carbocycles. The fraction of sp³-hybridized carbons (Fsp3) is 0.0556. The first kappa shape index (κ1) is 13.0. The molecule has 0 unspecified atom stereocenters. The number of ketones is 1. The Bertz CT molecular complexity index is 848. The number of hydrogen-bond acceptors (Lipinski definition) is 2. The molecule has 1 heterocycles. The summed E-state index contributed by atoms with van der Waals surface area (Å²) in [4.78, 5) is 12.3. The van der Waals surface area contributed by atoms with Gasteiger partial charge in [-0.05, 0) is 11.5 Å². The van der Waals surface area contributed by atoms with E-state index in [2.05, 4.69) is 6.07 Å². The van der Waals surface area contributed by atoms with Gasteiger partial charge in [-0.25, -0.2) is 0 Å². The van der Waals surface area contributed by atoms with Crippen LogP contribution in [0.2, 0.25) is 0 Å². The zero-order valence-electron chi connectivity index (χ0n) is 11.4. The Hall–Kier alpha value is -2.99. The molecule has 2 aromatic carbocycles. The monoisotopic (exact) mass is 273 g/mol. The molecule has 0 aliphatic rings. The minimum atomic E-state index is -0.00705. The summed E-state index contributed by atoms with van der Waals surface area (Å²) in [6, 6.07) is 20.9. The van der Waals surface area contributed by atoms with Crippen molar-refractivity contribution < 1.29 is 9.36 Å². The van der Waals surface area contributed by atoms with Crippen LogP contribution in [0, 0.1) is 11.3 Å². The van der Waals surface area contributed by atoms with Crippen LogP contribution in [0.25, 0.3) is 10.8 Å². The summed E-state index contributed by atoms with van der Waals surface area (Å²) in [5, 5.41) is 11.3. The second kappa shape index (κ2) is 5.56. The maximum absolute atomic E-state index is 12.3. The van der Waals surface area contributed by atoms with Gasteiger partial charge in [-0.2, -0.15) is 9.83 Å². The lowest BCUT2D eigenvalue weighted by Gasteiger charge is -2.02. The van der Waals surface area contributed by atoms with Crippen LogP contribution in [-0.4, -0.2) is 5.78 Å². The third-order valence-electron chi connectivity index (χ3n) is 3.45. The number of nitriles is 1. The first-order valence-electron chi connectivity index (χ1n) is 6.69. The Balaban J connectivity index is 2.02. The third-order valence-corrected chi connectivity index (χ3v) is 3.45. The fourth-order valence-corrected chi connectivity index (χ4v) is 2.38. The number of Topliss-reactive ketones (excluding diaryl/α,β-unsaturated/α-hetero) is 1. The van der Waals surface area contributed by atoms with Crippen LogP contribution in [-0.2, 0) is 6.54 Å². The summed E-state index contributed by atoms with van der Waals surface area (Å²) in [7, 11) is 0. The van der Waals surface area contributed by atoms with Gasteiger partial charge in [0.2, 0.25) is 12.3 Å². The van der Waals surface area contributed by atoms with E-state index in [1.807, 2.05) is 48.5 Å². The van der Waals surface area contributed by atoms with Crippen LogP contribution in [0.5, 0.6) is 0 Å². The first-order valence-corrected chi connectivity index (χ1v) is 6.69. The number of fused-ring (bicyclic) bond motifs is 1. The van der Waals surface area contributed by atoms with Gasteiger partial charge in [0.05, 0.1) is 5.39 Å². The second-order valence-corrected chi connectivity index (χ2v) is 4.78. The molecule has 0 spiro atoms. The van der Waals surface area contributed by atoms with E-state index in [0.717, 1.165) is 10.8 Å². The summed E-state index contributed by atoms with van der Waals surface area (Å²) in [6.07, 6.45) is 1.79. The van der Waals surface area contributed by atoms with Gasteiger partial charge in [0, 0.05) is 11.6 Å². The SMILES string of the molecule is N#Cc1c2ccccc2cc[n+]1CC(=O)c1ccccc1. The molecular formula is C18H13N2O+. The predicted octanol–water partition coefficient (Wildman–Crippen LogP) is 2.88. The molecule has 0 saturated carbocycles. The topological polar surface area (TPSA) is 44.7 Å². The van der Waals surface area contributed by atoms with Crippen molar-refractivity contribution in [3.8, 4) is 6.07 Å². The quantitative estimate of drug-likeness (QED) is 0.544. The van der Waals surface area contributed by atoms with E-state index in [1.165, 1.54) is 0 Å². The van der Waals surface area contributed by atoms with Gasteiger partial charge in [-0.15, -0.1) is 0 Å². The smallest absolute Gasteiger partial charge is 0.287 e. The number of carbonyl (C=O) groups excluding carboxylic acids is 1. The van der Waals surface area contributed by atoms with Crippen LogP contribution < -0.4 is 4.57 Å². The summed E-state index contributed by atoms with van der Waals surface area (Å²) in [5.41, 5.74) is 1.17. The van der Waals surface area contributed by atoms with Gasteiger partial charge in [-0.1, -0.05) is 48.5 Å². The molecular weight excluding hydrogens is 260 g/mol. The maximum atomic E-state index is 12.3. The van der Waals surface area contributed by atoms with E-state index in [1.54, 1.807) is 22.9 Å². The Morgan fingerprint density at radius 3 is 2.48 bits per heavy atom. The first-order chi connectivity index (χ1) is 10.3. The summed E-state index contributed by atoms with van der Waals surface area (Å²) >= 11 is 0. The number of aromatic nitrogens is 1. The summed E-state index contributed by atoms with van der Waals surface area (Å²) in [6.45, 7) is 0.164. The Morgan fingerprint density at radius 1 is 1.00 bits per heavy atom. The minimum absolute atomic E-state index is 0.00705. The minimum Gasteiger partial charge on any atom is -0.287 e. The average Bonchev–Trinajstić information content (AvgIpc) is 2.55. The Labute approximate surface area is 122 Å². The van der Waals surface area contributed by atoms with Crippen molar-refractivity contribution in [1.82, 2.24) is 0 Å². The fourth-order valence-electron chi connectivity index (χ4n) is 2.38. The van der Waals surface area contributed by atoms with E-state index in [4.69, 9.17) is 0 Å². The van der Waals surface area contributed by atoms with E-state index >= 15 is 0 Å². The predicted molar refractivity (Wildman–Crippen MR) is 79.6 cm³/mol. The molecule has 0 N–H and O–H groups in total. The van der Waals surface area contributed by atoms with Crippen LogP contribution in [0.1, 0.15) is 16.1 Å². The van der Waals surface area contributed by atoms with Gasteiger partial charge < -0.3 is 0 Å². The molecule has 1 aromatic heterocycles. The van der Waals surface area contributed by atoms with Gasteiger partial charge in [0.1, 0.15) is 0 Å². The molecule has 0 radical (unpaired) electrons. The molecule has 100 valence electrons. The number of nitrogens with zero attached hydrogens (tertiary/aromatic N) is 2. The number of carbonyl (C=O) groups is 1. The average molecular weight is 273 g/mol. The van der Waals surface area contributed by atoms with Crippen LogP contribution in [0.3, 0.4) is 0 Å². The Kier molecular flexibility index (Phi) is 3.44. The van der Waals surface area contributed by atoms with Gasteiger partial charge in [0.15, 0.2) is 12.3 Å². The normalized spacial score (nSPS) is 10.2. The van der Waals surface area contributed by atoms with Crippen molar-refractivity contribution >= 4 is 16.6 Å². The highest BCUT2D eigenvalue weighted by atomic mass is 16.1. The number of pyridine rings is 1. The Morgan fingerprint density at radius 2 is 1.71 bits per heavy atom. The lowest BCUT2D eigenvalue weighted by Crippen LogP contribution is -2.41. The van der Waals surface area contributed by atoms with E-state index in [0.29, 0.717) is 11.3 Å². The molecule has 0 bridgehead atoms. The summed E-state index contributed by atoms with van der Waals surface area (Å²) in [5.74, 6) is -0.00705. The highest BCUT2D eigenvalue weighted by Gasteiger charge is 2.18. The van der Waals surface area contributed by atoms with E-state index < -0.39 is 0 Å². The molecule has 0 amide bonds. The molecule has 3 aromatic rings. The zero-order chi connectivity index (χ0) is 14.7. The molecule has 0 saturated heterocycles. The highest BCUT2D eigenvalue weighted by Crippen LogP contribution is 2.14. The third kappa shape index (κ3) is 2.52. The molecule has 0 aliphatic heterocycles. The van der Waals surface area contributed by atoms with Crippen molar-refractivity contribution in [2.24, 2.45) is 0 Å². The van der Waals surface area contributed by atoms with Crippen molar-refractivity contribution in [2.45, 2.75) is 6.54 Å². The number of rotatable bonds is 3. The van der Waals surface area contributed by atoms with Crippen molar-refractivity contribution in [2.75, 3.05) is 0 Å². The molecule has 21 heavy (non-hydrogen) atoms. The molecule has 0 fully saturated rings. The van der Waals surface area contributed by atoms with Gasteiger partial charge in [0.25, 0.3) is 5.69 Å². The van der Waals surface area contributed by atoms with Crippen LogP contribution in [0.4, 0.5) is 0 Å². The standard InChI is InChI=1S/C18H13N2O/c19-12-17-16-9-5-4-6-14(16)10-11-20(17)13-18(21)15-7-2-1-3-8-15/h1-11H,13H2/q+1. The molecule has 3 rings (SSSR count). The van der Waals surface area contributed by atoms with Gasteiger partial charge in [-0.3, -0.25) is 4.79 Å². The van der Waals surface area contributed by atoms with Crippen molar-refractivity contribution in [1.29, 1.82) is 5.26 Å². The summed E-state index contributed by atoms with van der Waals surface area (Å²) < 4.78 is 1.71.